The number of hydrogen-bond donors (Lipinski definition) is 0. The van der Waals surface area contributed by atoms with Crippen LogP contribution in [0.3, 0.4) is 0 Å². The number of rotatable bonds is 11. The SMILES string of the molecule is c1ccc(C2(c3ccccc3)c3ccccc3N(c3nc(-c4ccccc4N4c5ccccc5C(c5ccccc5)(c5ccccc5)c5ccccc54)nc(-c4ccccc4N4c5ccccc5C(c5ccccc5)(c5ccccc5)c5ccccc54)n3)c3ccccc32)cc1. The van der Waals surface area contributed by atoms with Gasteiger partial charge in [0.1, 0.15) is 0 Å². The molecule has 0 saturated heterocycles. The second-order valence-electron chi connectivity index (χ2n) is 24.9. The number of anilines is 9. The standard InChI is InChI=1S/C90H62N6/c1-7-35-63(36-8-1)88(64-37-9-2-10-38-64)71-49-21-29-57-79(71)94(80-58-30-22-50-72(80)88)77-55-27-19-47-69(77)85-91-86(93-87(92-85)96-83-61-33-25-53-75(83)90(67-43-15-5-16-44-67,68-45-17-6-18-46-68)76-54-26-34-62-84(76)96)70-48-20-28-56-78(70)95-81-59-31-23-51-73(81)89(65-39-11-3-12-40-65,66-41-13-4-14-42-66)74-52-24-32-60-82(74)95/h1-62H. The van der Waals surface area contributed by atoms with Gasteiger partial charge >= 0.3 is 0 Å². The molecule has 0 amide bonds. The van der Waals surface area contributed by atoms with Crippen LogP contribution in [0.25, 0.3) is 22.8 Å². The van der Waals surface area contributed by atoms with Crippen molar-refractivity contribution >= 4 is 51.4 Å². The van der Waals surface area contributed by atoms with Crippen LogP contribution in [-0.2, 0) is 16.2 Å². The van der Waals surface area contributed by atoms with Gasteiger partial charge in [-0.2, -0.15) is 9.97 Å². The third kappa shape index (κ3) is 8.35. The van der Waals surface area contributed by atoms with E-state index < -0.39 is 16.2 Å². The summed E-state index contributed by atoms with van der Waals surface area (Å²) >= 11 is 0. The number of nitrogens with zero attached hydrogens (tertiary/aromatic N) is 6. The van der Waals surface area contributed by atoms with E-state index in [4.69, 9.17) is 15.0 Å². The molecular formula is C90H62N6. The molecule has 4 heterocycles. The lowest BCUT2D eigenvalue weighted by Crippen LogP contribution is -2.38. The zero-order chi connectivity index (χ0) is 63.6. The first kappa shape index (κ1) is 56.3. The summed E-state index contributed by atoms with van der Waals surface area (Å²) in [5.74, 6) is 1.51. The molecular weight excluding hydrogens is 1170 g/mol. The first-order chi connectivity index (χ1) is 47.7. The van der Waals surface area contributed by atoms with Crippen molar-refractivity contribution in [2.45, 2.75) is 16.2 Å². The van der Waals surface area contributed by atoms with Gasteiger partial charge in [0.25, 0.3) is 0 Å². The molecule has 0 bridgehead atoms. The van der Waals surface area contributed by atoms with Crippen LogP contribution in [0.5, 0.6) is 0 Å². The molecule has 14 aromatic carbocycles. The predicted molar refractivity (Wildman–Crippen MR) is 390 cm³/mol. The average molecular weight is 1230 g/mol. The topological polar surface area (TPSA) is 48.4 Å². The number of aromatic nitrogens is 3. The molecule has 1 aromatic heterocycles. The molecule has 3 aliphatic heterocycles. The molecule has 0 N–H and O–H groups in total. The highest BCUT2D eigenvalue weighted by Crippen LogP contribution is 2.62. The molecule has 0 saturated carbocycles. The minimum absolute atomic E-state index is 0.479. The minimum atomic E-state index is -0.725. The van der Waals surface area contributed by atoms with Gasteiger partial charge in [-0.3, -0.25) is 4.90 Å². The molecule has 15 aromatic rings. The molecule has 0 atom stereocenters. The number of hydrogen-bond acceptors (Lipinski definition) is 6. The van der Waals surface area contributed by atoms with E-state index in [1.165, 1.54) is 22.3 Å². The Hall–Kier alpha value is -12.5. The van der Waals surface area contributed by atoms with Crippen LogP contribution >= 0.6 is 0 Å². The first-order valence-corrected chi connectivity index (χ1v) is 32.9. The molecule has 0 fully saturated rings. The van der Waals surface area contributed by atoms with Crippen molar-refractivity contribution in [1.29, 1.82) is 0 Å². The van der Waals surface area contributed by atoms with Crippen LogP contribution in [-0.4, -0.2) is 15.0 Å². The van der Waals surface area contributed by atoms with Crippen molar-refractivity contribution in [3.63, 3.8) is 0 Å². The van der Waals surface area contributed by atoms with E-state index in [-0.39, 0.29) is 0 Å². The van der Waals surface area contributed by atoms with E-state index in [0.29, 0.717) is 17.6 Å². The molecule has 6 heteroatoms. The zero-order valence-corrected chi connectivity index (χ0v) is 52.5. The van der Waals surface area contributed by atoms with Gasteiger partial charge in [-0.15, -0.1) is 0 Å². The predicted octanol–water partition coefficient (Wildman–Crippen LogP) is 21.7. The zero-order valence-electron chi connectivity index (χ0n) is 52.5. The van der Waals surface area contributed by atoms with Gasteiger partial charge in [-0.1, -0.05) is 315 Å². The largest absolute Gasteiger partial charge is 0.309 e. The summed E-state index contributed by atoms with van der Waals surface area (Å²) in [6.07, 6.45) is 0. The summed E-state index contributed by atoms with van der Waals surface area (Å²) in [5, 5.41) is 0. The summed E-state index contributed by atoms with van der Waals surface area (Å²) in [4.78, 5) is 24.8. The van der Waals surface area contributed by atoms with E-state index >= 15 is 0 Å². The van der Waals surface area contributed by atoms with Crippen LogP contribution in [0.4, 0.5) is 51.4 Å². The summed E-state index contributed by atoms with van der Waals surface area (Å²) in [6.45, 7) is 0. The second kappa shape index (κ2) is 23.0. The van der Waals surface area contributed by atoms with Crippen LogP contribution in [0, 0.1) is 0 Å². The van der Waals surface area contributed by atoms with E-state index in [2.05, 4.69) is 391 Å². The third-order valence-electron chi connectivity index (χ3n) is 20.1. The van der Waals surface area contributed by atoms with Gasteiger partial charge in [0.15, 0.2) is 11.6 Å². The normalized spacial score (nSPS) is 14.2. The Morgan fingerprint density at radius 1 is 0.167 bits per heavy atom. The molecule has 3 aliphatic rings. The molecule has 96 heavy (non-hydrogen) atoms. The summed E-state index contributed by atoms with van der Waals surface area (Å²) in [6, 6.07) is 137. The number of fused-ring (bicyclic) bond motifs is 6. The Labute approximate surface area is 559 Å². The molecule has 18 rings (SSSR count). The lowest BCUT2D eigenvalue weighted by molar-refractivity contribution is 0.728. The Balaban J connectivity index is 0.905. The van der Waals surface area contributed by atoms with Crippen LogP contribution < -0.4 is 14.7 Å². The summed E-state index contributed by atoms with van der Waals surface area (Å²) in [7, 11) is 0. The molecule has 0 radical (unpaired) electrons. The molecule has 0 spiro atoms. The Kier molecular flexibility index (Phi) is 13.5. The first-order valence-electron chi connectivity index (χ1n) is 32.9. The van der Waals surface area contributed by atoms with Crippen molar-refractivity contribution < 1.29 is 0 Å². The van der Waals surface area contributed by atoms with Crippen LogP contribution in [0.2, 0.25) is 0 Å². The fourth-order valence-electron chi connectivity index (χ4n) is 16.4. The summed E-state index contributed by atoms with van der Waals surface area (Å²) < 4.78 is 0. The second-order valence-corrected chi connectivity index (χ2v) is 24.9. The van der Waals surface area contributed by atoms with Gasteiger partial charge in [0, 0.05) is 11.1 Å². The molecule has 452 valence electrons. The highest BCUT2D eigenvalue weighted by molar-refractivity contribution is 5.97. The van der Waals surface area contributed by atoms with Crippen molar-refractivity contribution in [3.8, 4) is 22.8 Å². The van der Waals surface area contributed by atoms with Gasteiger partial charge in [0.05, 0.1) is 61.7 Å². The number of para-hydroxylation sites is 8. The minimum Gasteiger partial charge on any atom is -0.309 e. The lowest BCUT2D eigenvalue weighted by atomic mass is 9.62. The third-order valence-corrected chi connectivity index (χ3v) is 20.1. The van der Waals surface area contributed by atoms with Gasteiger partial charge in [-0.05, 0) is 127 Å². The van der Waals surface area contributed by atoms with Gasteiger partial charge in [-0.25, -0.2) is 4.98 Å². The van der Waals surface area contributed by atoms with Gasteiger partial charge in [0.2, 0.25) is 5.95 Å². The summed E-state index contributed by atoms with van der Waals surface area (Å²) in [5.41, 5.74) is 21.5. The quantitative estimate of drug-likeness (QED) is 0.129. The van der Waals surface area contributed by atoms with Crippen LogP contribution in [0.15, 0.2) is 376 Å². The van der Waals surface area contributed by atoms with Crippen molar-refractivity contribution in [1.82, 2.24) is 15.0 Å². The highest BCUT2D eigenvalue weighted by atomic mass is 15.3. The Bertz CT molecular complexity index is 4880. The smallest absolute Gasteiger partial charge is 0.238 e. The lowest BCUT2D eigenvalue weighted by Gasteiger charge is -2.47. The van der Waals surface area contributed by atoms with E-state index in [1.54, 1.807) is 0 Å². The highest BCUT2D eigenvalue weighted by Gasteiger charge is 2.50. The Morgan fingerprint density at radius 3 is 0.594 bits per heavy atom. The molecule has 6 nitrogen and oxygen atoms in total. The van der Waals surface area contributed by atoms with E-state index in [1.807, 2.05) is 0 Å². The fraction of sp³-hybridized carbons (Fsp3) is 0.0333. The van der Waals surface area contributed by atoms with Gasteiger partial charge < -0.3 is 9.80 Å². The molecule has 0 unspecified atom stereocenters. The van der Waals surface area contributed by atoms with E-state index in [0.717, 1.165) is 101 Å². The van der Waals surface area contributed by atoms with E-state index in [9.17, 15) is 0 Å². The fourth-order valence-corrected chi connectivity index (χ4v) is 16.4. The maximum atomic E-state index is 5.90. The monoisotopic (exact) mass is 1230 g/mol. The Morgan fingerprint density at radius 2 is 0.354 bits per heavy atom. The van der Waals surface area contributed by atoms with Crippen molar-refractivity contribution in [2.24, 2.45) is 0 Å². The van der Waals surface area contributed by atoms with Crippen molar-refractivity contribution in [3.05, 3.63) is 443 Å². The number of benzene rings is 14. The van der Waals surface area contributed by atoms with Crippen molar-refractivity contribution in [2.75, 3.05) is 14.7 Å². The maximum Gasteiger partial charge on any atom is 0.238 e. The van der Waals surface area contributed by atoms with Crippen LogP contribution in [0.1, 0.15) is 66.8 Å². The maximum absolute atomic E-state index is 5.90. The molecule has 0 aliphatic carbocycles. The average Bonchev–Trinajstić information content (AvgIpc) is 0.711.